The van der Waals surface area contributed by atoms with Gasteiger partial charge in [0.25, 0.3) is 0 Å². The summed E-state index contributed by atoms with van der Waals surface area (Å²) >= 11 is 0. The lowest BCUT2D eigenvalue weighted by molar-refractivity contribution is -0.149. The first-order valence-corrected chi connectivity index (χ1v) is 27.9. The van der Waals surface area contributed by atoms with Gasteiger partial charge in [-0.2, -0.15) is 0 Å². The number of hydrogen-bond acceptors (Lipinski definition) is 9. The summed E-state index contributed by atoms with van der Waals surface area (Å²) in [5, 5.41) is 15.2. The molecule has 4 aliphatic carbocycles. The highest BCUT2D eigenvalue weighted by Gasteiger charge is 2.59. The molecular formula is C62H86N2O10. The molecule has 3 aromatic rings. The molecule has 3 aromatic carbocycles. The molecule has 12 heteroatoms. The first-order valence-electron chi connectivity index (χ1n) is 27.9. The van der Waals surface area contributed by atoms with Crippen LogP contribution < -0.4 is 20.1 Å². The molecule has 3 saturated carbocycles. The molecule has 3 N–H and O–H groups in total. The number of carbonyl (C=O) groups excluding carboxylic acids is 3. The third kappa shape index (κ3) is 13.5. The smallest absolute Gasteiger partial charge is 0.407 e. The van der Waals surface area contributed by atoms with E-state index in [0.717, 1.165) is 65.5 Å². The van der Waals surface area contributed by atoms with Crippen molar-refractivity contribution >= 4 is 23.9 Å². The summed E-state index contributed by atoms with van der Waals surface area (Å²) in [5.41, 5.74) is 3.37. The first kappa shape index (κ1) is 56.4. The summed E-state index contributed by atoms with van der Waals surface area (Å²) in [6.07, 6.45) is 17.0. The number of unbranched alkanes of at least 4 members (excludes halogenated alkanes) is 2. The Bertz CT molecular complexity index is 2290. The number of alkyl carbamates (subject to hydrolysis) is 1. The number of benzene rings is 3. The molecule has 74 heavy (non-hydrogen) atoms. The van der Waals surface area contributed by atoms with Gasteiger partial charge in [0.1, 0.15) is 29.8 Å². The maximum atomic E-state index is 13.6. The van der Waals surface area contributed by atoms with E-state index in [4.69, 9.17) is 28.8 Å². The molecule has 3 fully saturated rings. The Labute approximate surface area is 441 Å². The van der Waals surface area contributed by atoms with Crippen LogP contribution in [-0.2, 0) is 34.2 Å². The zero-order valence-corrected chi connectivity index (χ0v) is 45.5. The van der Waals surface area contributed by atoms with Crippen molar-refractivity contribution in [3.8, 4) is 11.5 Å². The summed E-state index contributed by atoms with van der Waals surface area (Å²) in [5.74, 6) is 4.02. The van der Waals surface area contributed by atoms with Crippen molar-refractivity contribution in [1.82, 2.24) is 10.6 Å². The fraction of sp³-hybridized carbons (Fsp3) is 0.613. The van der Waals surface area contributed by atoms with Crippen molar-refractivity contribution in [2.45, 2.75) is 162 Å². The standard InChI is InChI=1S/C62H86N2O10/c1-42(2)15-14-16-43(3)53-30-31-54-52-29-24-47-39-51(34-36-60(47,4)55(52)35-37-61(53,54)5)74-59(69)63-38-13-9-12-19-56(65)64-48(40-72-58(68)33-32-57(66)67)41-73-62(44-17-10-8-11-18-44,45-20-25-49(70-6)26-21-45)46-22-27-50(71-7)28-23-46/h8,10-11,17-18,20-28,42-43,48,51-55H,9,12-16,19,29-41H2,1-7H3,(H,63,69)(H,64,65)(H,66,67). The van der Waals surface area contributed by atoms with E-state index in [1.54, 1.807) is 14.2 Å². The number of fused-ring (bicyclic) bond motifs is 5. The number of carbonyl (C=O) groups is 4. The number of aliphatic carboxylic acids is 1. The molecule has 2 amide bonds. The number of methoxy groups -OCH3 is 2. The molecule has 0 saturated heterocycles. The molecule has 9 atom stereocenters. The van der Waals surface area contributed by atoms with Gasteiger partial charge in [0, 0.05) is 19.4 Å². The second-order valence-electron chi connectivity index (χ2n) is 23.0. The van der Waals surface area contributed by atoms with Crippen LogP contribution in [0.25, 0.3) is 0 Å². The lowest BCUT2D eigenvalue weighted by atomic mass is 9.47. The molecule has 0 spiro atoms. The zero-order valence-electron chi connectivity index (χ0n) is 45.5. The van der Waals surface area contributed by atoms with E-state index in [2.05, 4.69) is 51.3 Å². The monoisotopic (exact) mass is 1020 g/mol. The molecule has 0 heterocycles. The van der Waals surface area contributed by atoms with Gasteiger partial charge in [0.05, 0.1) is 39.7 Å². The number of hydrogen-bond donors (Lipinski definition) is 3. The molecule has 9 unspecified atom stereocenters. The Morgan fingerprint density at radius 3 is 2.05 bits per heavy atom. The number of allylic oxidation sites excluding steroid dienone is 1. The van der Waals surface area contributed by atoms with Gasteiger partial charge < -0.3 is 39.4 Å². The Balaban J connectivity index is 0.900. The number of nitrogens with one attached hydrogen (secondary N) is 2. The minimum absolute atomic E-state index is 0.0753. The predicted molar refractivity (Wildman–Crippen MR) is 288 cm³/mol. The Morgan fingerprint density at radius 1 is 0.730 bits per heavy atom. The average Bonchev–Trinajstić information content (AvgIpc) is 3.76. The normalized spacial score (nSPS) is 25.0. The second kappa shape index (κ2) is 25.9. The van der Waals surface area contributed by atoms with Gasteiger partial charge in [-0.25, -0.2) is 4.79 Å². The molecule has 4 aliphatic rings. The van der Waals surface area contributed by atoms with Crippen molar-refractivity contribution in [3.63, 3.8) is 0 Å². The van der Waals surface area contributed by atoms with Crippen molar-refractivity contribution in [1.29, 1.82) is 0 Å². The van der Waals surface area contributed by atoms with Crippen molar-refractivity contribution < 1.29 is 48.0 Å². The Morgan fingerprint density at radius 2 is 1.41 bits per heavy atom. The van der Waals surface area contributed by atoms with Crippen molar-refractivity contribution in [2.75, 3.05) is 34.0 Å². The number of carboxylic acid groups (broad SMARTS) is 1. The fourth-order valence-electron chi connectivity index (χ4n) is 13.9. The second-order valence-corrected chi connectivity index (χ2v) is 23.0. The van der Waals surface area contributed by atoms with Crippen LogP contribution in [0.15, 0.2) is 90.5 Å². The summed E-state index contributed by atoms with van der Waals surface area (Å²) in [6.45, 7) is 12.6. The van der Waals surface area contributed by atoms with Gasteiger partial charge in [-0.3, -0.25) is 14.4 Å². The highest BCUT2D eigenvalue weighted by atomic mass is 16.6. The Hall–Kier alpha value is -5.36. The highest BCUT2D eigenvalue weighted by Crippen LogP contribution is 2.67. The summed E-state index contributed by atoms with van der Waals surface area (Å²) < 4.78 is 29.6. The van der Waals surface area contributed by atoms with Crippen LogP contribution in [0.4, 0.5) is 4.79 Å². The lowest BCUT2D eigenvalue weighted by Gasteiger charge is -2.58. The summed E-state index contributed by atoms with van der Waals surface area (Å²) in [7, 11) is 3.21. The highest BCUT2D eigenvalue weighted by molar-refractivity contribution is 5.77. The number of amides is 2. The van der Waals surface area contributed by atoms with Crippen LogP contribution in [0, 0.1) is 46.3 Å². The van der Waals surface area contributed by atoms with E-state index in [9.17, 15) is 19.2 Å². The van der Waals surface area contributed by atoms with Gasteiger partial charge in [0.2, 0.25) is 5.91 Å². The maximum absolute atomic E-state index is 13.6. The number of esters is 1. The van der Waals surface area contributed by atoms with E-state index >= 15 is 0 Å². The van der Waals surface area contributed by atoms with Crippen LogP contribution in [0.2, 0.25) is 0 Å². The minimum Gasteiger partial charge on any atom is -0.497 e. The minimum atomic E-state index is -1.19. The fourth-order valence-corrected chi connectivity index (χ4v) is 13.9. The molecule has 0 aliphatic heterocycles. The van der Waals surface area contributed by atoms with Gasteiger partial charge >= 0.3 is 18.0 Å². The van der Waals surface area contributed by atoms with E-state index < -0.39 is 23.6 Å². The molecule has 0 radical (unpaired) electrons. The van der Waals surface area contributed by atoms with Crippen LogP contribution >= 0.6 is 0 Å². The molecule has 0 aromatic heterocycles. The van der Waals surface area contributed by atoms with Gasteiger partial charge in [-0.1, -0.05) is 127 Å². The molecule has 404 valence electrons. The van der Waals surface area contributed by atoms with E-state index in [1.807, 2.05) is 78.9 Å². The van der Waals surface area contributed by atoms with E-state index in [-0.39, 0.29) is 56.0 Å². The third-order valence-corrected chi connectivity index (χ3v) is 17.9. The first-order chi connectivity index (χ1) is 35.6. The molecule has 0 bridgehead atoms. The van der Waals surface area contributed by atoms with Crippen LogP contribution in [0.3, 0.4) is 0 Å². The number of rotatable bonds is 26. The van der Waals surface area contributed by atoms with Crippen molar-refractivity contribution in [3.05, 3.63) is 107 Å². The zero-order chi connectivity index (χ0) is 52.9. The van der Waals surface area contributed by atoms with Gasteiger partial charge in [-0.05, 0) is 145 Å². The maximum Gasteiger partial charge on any atom is 0.407 e. The number of ether oxygens (including phenoxy) is 5. The Kier molecular flexibility index (Phi) is 19.7. The molecule has 12 nitrogen and oxygen atoms in total. The average molecular weight is 1020 g/mol. The van der Waals surface area contributed by atoms with E-state index in [0.29, 0.717) is 48.6 Å². The summed E-state index contributed by atoms with van der Waals surface area (Å²) in [4.78, 5) is 50.6. The SMILES string of the molecule is COc1ccc(C(OCC(COC(=O)CCC(=O)O)NC(=O)CCCCCNC(=O)OC2CCC3(C)C(=CCC4C3CCC3(C)C(C(C)CCCC(C)C)CCC43)C2)(c2ccccc2)c2ccc(OC)cc2)cc1. The summed E-state index contributed by atoms with van der Waals surface area (Å²) in [6, 6.07) is 24.1. The quantitative estimate of drug-likeness (QED) is 0.0306. The molecule has 7 rings (SSSR count). The lowest BCUT2D eigenvalue weighted by Crippen LogP contribution is -2.51. The van der Waals surface area contributed by atoms with Crippen LogP contribution in [0.1, 0.15) is 160 Å². The topological polar surface area (TPSA) is 159 Å². The van der Waals surface area contributed by atoms with Crippen LogP contribution in [0.5, 0.6) is 11.5 Å². The molecular weight excluding hydrogens is 933 g/mol. The predicted octanol–water partition coefficient (Wildman–Crippen LogP) is 12.6. The van der Waals surface area contributed by atoms with Gasteiger partial charge in [0.15, 0.2) is 0 Å². The van der Waals surface area contributed by atoms with E-state index in [1.165, 1.54) is 56.9 Å². The third-order valence-electron chi connectivity index (χ3n) is 17.9. The van der Waals surface area contributed by atoms with Crippen molar-refractivity contribution in [2.24, 2.45) is 46.3 Å². The number of carboxylic acids is 1. The van der Waals surface area contributed by atoms with Crippen LogP contribution in [-0.4, -0.2) is 75.2 Å². The van der Waals surface area contributed by atoms with Gasteiger partial charge in [-0.15, -0.1) is 0 Å². The largest absolute Gasteiger partial charge is 0.497 e.